The average molecular weight is 559 g/mol. The summed E-state index contributed by atoms with van der Waals surface area (Å²) in [6.45, 7) is 6.05. The number of aryl methyl sites for hydroxylation is 1. The lowest BCUT2D eigenvalue weighted by Gasteiger charge is -2.38. The number of ketones is 1. The van der Waals surface area contributed by atoms with Gasteiger partial charge in [0.15, 0.2) is 11.6 Å². The molecule has 1 saturated heterocycles. The third-order valence-electron chi connectivity index (χ3n) is 7.25. The van der Waals surface area contributed by atoms with Crippen molar-refractivity contribution < 1.29 is 31.1 Å². The first-order valence-corrected chi connectivity index (χ1v) is 12.9. The van der Waals surface area contributed by atoms with Crippen molar-refractivity contribution >= 4 is 33.0 Å². The number of carbonyl (C=O) groups is 1. The van der Waals surface area contributed by atoms with Crippen LogP contribution >= 0.6 is 11.3 Å². The number of thiophene rings is 1. The van der Waals surface area contributed by atoms with E-state index in [-0.39, 0.29) is 24.4 Å². The van der Waals surface area contributed by atoms with Crippen LogP contribution in [0.1, 0.15) is 64.8 Å². The van der Waals surface area contributed by atoms with Gasteiger partial charge in [-0.3, -0.25) is 9.69 Å². The predicted octanol–water partition coefficient (Wildman–Crippen LogP) is 7.35. The van der Waals surface area contributed by atoms with E-state index < -0.39 is 35.9 Å². The van der Waals surface area contributed by atoms with E-state index in [4.69, 9.17) is 0 Å². The number of alkyl halides is 6. The Bertz CT molecular complexity index is 1340. The standard InChI is InChI=1S/C26H28F6N4OS/c1-14-17(6-5-7-19(14)26(30,31)32)15(2)33-23-18-12-20(38-21(18)16(3)34-35-23)22(37)24(4)8-10-36(11-9-24)13-25(27,28)29/h5-7,12,15H,8-11,13H2,1-4H3,(H,33,35)/t15-/m1/s1. The Labute approximate surface area is 220 Å². The minimum Gasteiger partial charge on any atom is -0.362 e. The van der Waals surface area contributed by atoms with Crippen molar-refractivity contribution in [3.8, 4) is 0 Å². The van der Waals surface area contributed by atoms with E-state index in [1.54, 1.807) is 32.9 Å². The minimum atomic E-state index is -4.47. The van der Waals surface area contributed by atoms with Crippen molar-refractivity contribution in [1.29, 1.82) is 0 Å². The van der Waals surface area contributed by atoms with E-state index in [2.05, 4.69) is 15.5 Å². The molecule has 0 amide bonds. The van der Waals surface area contributed by atoms with Gasteiger partial charge >= 0.3 is 12.4 Å². The Balaban J connectivity index is 1.59. The lowest BCUT2D eigenvalue weighted by molar-refractivity contribution is -0.149. The molecule has 3 aromatic rings. The Kier molecular flexibility index (Phi) is 7.52. The summed E-state index contributed by atoms with van der Waals surface area (Å²) in [5.41, 5.74) is -0.333. The number of anilines is 1. The van der Waals surface area contributed by atoms with Crippen molar-refractivity contribution in [1.82, 2.24) is 15.1 Å². The van der Waals surface area contributed by atoms with E-state index in [9.17, 15) is 31.1 Å². The molecule has 0 bridgehead atoms. The molecule has 5 nitrogen and oxygen atoms in total. The number of hydrogen-bond donors (Lipinski definition) is 1. The summed E-state index contributed by atoms with van der Waals surface area (Å²) < 4.78 is 79.2. The van der Waals surface area contributed by atoms with Crippen LogP contribution in [0.25, 0.3) is 10.1 Å². The summed E-state index contributed by atoms with van der Waals surface area (Å²) in [6, 6.07) is 5.19. The molecule has 0 saturated carbocycles. The maximum absolute atomic E-state index is 13.5. The molecule has 1 aromatic carbocycles. The number of nitrogens with one attached hydrogen (secondary N) is 1. The quantitative estimate of drug-likeness (QED) is 0.253. The molecule has 0 spiro atoms. The van der Waals surface area contributed by atoms with Gasteiger partial charge in [0.25, 0.3) is 0 Å². The number of aromatic nitrogens is 2. The largest absolute Gasteiger partial charge is 0.416 e. The van der Waals surface area contributed by atoms with Crippen LogP contribution in [0, 0.1) is 19.3 Å². The highest BCUT2D eigenvalue weighted by Crippen LogP contribution is 2.41. The van der Waals surface area contributed by atoms with Crippen LogP contribution in [0.3, 0.4) is 0 Å². The van der Waals surface area contributed by atoms with Crippen LogP contribution in [-0.4, -0.2) is 46.7 Å². The highest BCUT2D eigenvalue weighted by Gasteiger charge is 2.41. The maximum Gasteiger partial charge on any atom is 0.416 e. The van der Waals surface area contributed by atoms with Crippen molar-refractivity contribution in [3.05, 3.63) is 51.5 Å². The second-order valence-electron chi connectivity index (χ2n) is 10.2. The number of piperidine rings is 1. The first-order valence-electron chi connectivity index (χ1n) is 12.1. The van der Waals surface area contributed by atoms with Crippen molar-refractivity contribution in [2.45, 2.75) is 58.9 Å². The zero-order valence-corrected chi connectivity index (χ0v) is 22.2. The molecular weight excluding hydrogens is 530 g/mol. The third kappa shape index (κ3) is 5.80. The highest BCUT2D eigenvalue weighted by atomic mass is 32.1. The van der Waals surface area contributed by atoms with E-state index in [0.29, 0.717) is 40.2 Å². The molecule has 0 aliphatic carbocycles. The fourth-order valence-corrected chi connectivity index (χ4v) is 6.16. The lowest BCUT2D eigenvalue weighted by Crippen LogP contribution is -2.45. The van der Waals surface area contributed by atoms with E-state index in [1.165, 1.54) is 29.2 Å². The topological polar surface area (TPSA) is 58.1 Å². The maximum atomic E-state index is 13.5. The molecule has 0 radical (unpaired) electrons. The summed E-state index contributed by atoms with van der Waals surface area (Å²) in [7, 11) is 0. The summed E-state index contributed by atoms with van der Waals surface area (Å²) in [4.78, 5) is 15.3. The molecule has 3 heterocycles. The Hall–Kier alpha value is -2.73. The number of halogens is 6. The van der Waals surface area contributed by atoms with Crippen LogP contribution in [-0.2, 0) is 6.18 Å². The second-order valence-corrected chi connectivity index (χ2v) is 11.2. The fourth-order valence-electron chi connectivity index (χ4n) is 4.97. The van der Waals surface area contributed by atoms with Gasteiger partial charge in [-0.05, 0) is 70.0 Å². The van der Waals surface area contributed by atoms with Crippen molar-refractivity contribution in [2.24, 2.45) is 5.41 Å². The van der Waals surface area contributed by atoms with Crippen LogP contribution in [0.4, 0.5) is 32.2 Å². The van der Waals surface area contributed by atoms with Gasteiger partial charge in [-0.1, -0.05) is 19.1 Å². The molecule has 1 aliphatic rings. The summed E-state index contributed by atoms with van der Waals surface area (Å²) >= 11 is 1.25. The van der Waals surface area contributed by atoms with Gasteiger partial charge in [0.1, 0.15) is 0 Å². The zero-order chi connectivity index (χ0) is 28.0. The van der Waals surface area contributed by atoms with E-state index in [0.717, 1.165) is 10.8 Å². The molecule has 1 atom stereocenters. The van der Waals surface area contributed by atoms with Gasteiger partial charge in [-0.15, -0.1) is 16.4 Å². The van der Waals surface area contributed by atoms with E-state index >= 15 is 0 Å². The SMILES string of the molecule is Cc1c([C@@H](C)Nc2nnc(C)c3sc(C(=O)C4(C)CCN(CC(F)(F)F)CC4)cc23)cccc1C(F)(F)F. The van der Waals surface area contributed by atoms with Gasteiger partial charge < -0.3 is 5.32 Å². The third-order valence-corrected chi connectivity index (χ3v) is 8.49. The van der Waals surface area contributed by atoms with Gasteiger partial charge in [-0.2, -0.15) is 31.4 Å². The molecular formula is C26H28F6N4OS. The number of likely N-dealkylation sites (tertiary alicyclic amines) is 1. The van der Waals surface area contributed by atoms with Crippen LogP contribution in [0.5, 0.6) is 0 Å². The number of Topliss-reactive ketones (excluding diaryl/α,β-unsaturated/α-hetero) is 1. The number of carbonyl (C=O) groups excluding carboxylic acids is 1. The summed E-state index contributed by atoms with van der Waals surface area (Å²) in [6.07, 6.45) is -8.14. The highest BCUT2D eigenvalue weighted by molar-refractivity contribution is 7.21. The molecule has 4 rings (SSSR count). The fraction of sp³-hybridized carbons (Fsp3) is 0.500. The van der Waals surface area contributed by atoms with Crippen LogP contribution in [0.2, 0.25) is 0 Å². The molecule has 1 N–H and O–H groups in total. The predicted molar refractivity (Wildman–Crippen MR) is 135 cm³/mol. The van der Waals surface area contributed by atoms with Crippen molar-refractivity contribution in [3.63, 3.8) is 0 Å². The Morgan fingerprint density at radius 3 is 2.39 bits per heavy atom. The number of rotatable bonds is 6. The molecule has 2 aromatic heterocycles. The number of hydrogen-bond acceptors (Lipinski definition) is 6. The van der Waals surface area contributed by atoms with Gasteiger partial charge in [0.2, 0.25) is 0 Å². The van der Waals surface area contributed by atoms with Gasteiger partial charge in [0, 0.05) is 10.8 Å². The number of benzene rings is 1. The summed E-state index contributed by atoms with van der Waals surface area (Å²) in [5, 5.41) is 12.2. The normalized spacial score (nSPS) is 17.5. The van der Waals surface area contributed by atoms with Gasteiger partial charge in [0.05, 0.1) is 33.4 Å². The molecule has 0 unspecified atom stereocenters. The molecule has 206 valence electrons. The van der Waals surface area contributed by atoms with E-state index in [1.807, 2.05) is 0 Å². The first kappa shape index (κ1) is 28.3. The zero-order valence-electron chi connectivity index (χ0n) is 21.3. The van der Waals surface area contributed by atoms with Crippen LogP contribution < -0.4 is 5.32 Å². The number of nitrogens with zero attached hydrogens (tertiary/aromatic N) is 3. The summed E-state index contributed by atoms with van der Waals surface area (Å²) in [5.74, 6) is 0.202. The smallest absolute Gasteiger partial charge is 0.362 e. The number of fused-ring (bicyclic) bond motifs is 1. The minimum absolute atomic E-state index is 0.113. The van der Waals surface area contributed by atoms with Gasteiger partial charge in [-0.25, -0.2) is 0 Å². The molecule has 38 heavy (non-hydrogen) atoms. The molecule has 12 heteroatoms. The second kappa shape index (κ2) is 10.1. The Morgan fingerprint density at radius 1 is 1.13 bits per heavy atom. The van der Waals surface area contributed by atoms with Crippen molar-refractivity contribution in [2.75, 3.05) is 25.0 Å². The molecule has 1 aliphatic heterocycles. The average Bonchev–Trinajstić information content (AvgIpc) is 3.27. The molecule has 1 fully saturated rings. The Morgan fingerprint density at radius 2 is 1.79 bits per heavy atom. The van der Waals surface area contributed by atoms with Crippen LogP contribution in [0.15, 0.2) is 24.3 Å². The monoisotopic (exact) mass is 558 g/mol. The lowest BCUT2D eigenvalue weighted by atomic mass is 9.76. The first-order chi connectivity index (χ1) is 17.6.